The molecule has 0 aliphatic carbocycles. The van der Waals surface area contributed by atoms with Crippen molar-refractivity contribution in [3.05, 3.63) is 64.0 Å². The van der Waals surface area contributed by atoms with Gasteiger partial charge in [-0.25, -0.2) is 0 Å². The highest BCUT2D eigenvalue weighted by Crippen LogP contribution is 2.20. The van der Waals surface area contributed by atoms with E-state index in [9.17, 15) is 4.79 Å². The third kappa shape index (κ3) is 3.19. The molecular weight excluding hydrogens is 254 g/mol. The van der Waals surface area contributed by atoms with Gasteiger partial charge in [0.05, 0.1) is 10.7 Å². The van der Waals surface area contributed by atoms with Gasteiger partial charge in [-0.2, -0.15) is 11.3 Å². The number of nitrogens with one attached hydrogen (secondary N) is 1. The lowest BCUT2D eigenvalue weighted by atomic mass is 10.2. The summed E-state index contributed by atoms with van der Waals surface area (Å²) >= 11 is 7.46. The summed E-state index contributed by atoms with van der Waals surface area (Å²) in [5.74, 6) is -0.0224. The lowest BCUT2D eigenvalue weighted by molar-refractivity contribution is 0.104. The van der Waals surface area contributed by atoms with Crippen LogP contribution in [0, 0.1) is 0 Å². The third-order valence-electron chi connectivity index (χ3n) is 2.15. The highest BCUT2D eigenvalue weighted by atomic mass is 35.5. The monoisotopic (exact) mass is 263 g/mol. The molecular formula is C13H10ClNOS. The van der Waals surface area contributed by atoms with Crippen LogP contribution in [0.25, 0.3) is 0 Å². The summed E-state index contributed by atoms with van der Waals surface area (Å²) in [7, 11) is 0. The van der Waals surface area contributed by atoms with Crippen LogP contribution in [-0.2, 0) is 0 Å². The molecule has 0 saturated carbocycles. The van der Waals surface area contributed by atoms with Crippen LogP contribution in [-0.4, -0.2) is 5.78 Å². The molecule has 0 spiro atoms. The predicted molar refractivity (Wildman–Crippen MR) is 72.9 cm³/mol. The molecule has 0 radical (unpaired) electrons. The zero-order valence-corrected chi connectivity index (χ0v) is 10.5. The zero-order chi connectivity index (χ0) is 12.1. The Morgan fingerprint density at radius 2 is 2.12 bits per heavy atom. The van der Waals surface area contributed by atoms with Crippen molar-refractivity contribution in [3.63, 3.8) is 0 Å². The smallest absolute Gasteiger partial charge is 0.188 e. The number of benzene rings is 1. The second-order valence-electron chi connectivity index (χ2n) is 3.33. The molecule has 0 atom stereocenters. The number of carbonyl (C=O) groups excluding carboxylic acids is 1. The Kier molecular flexibility index (Phi) is 3.96. The van der Waals surface area contributed by atoms with Gasteiger partial charge in [0.15, 0.2) is 5.78 Å². The van der Waals surface area contributed by atoms with E-state index in [4.69, 9.17) is 11.6 Å². The fourth-order valence-electron chi connectivity index (χ4n) is 1.29. The maximum Gasteiger partial charge on any atom is 0.188 e. The molecule has 0 aliphatic rings. The predicted octanol–water partition coefficient (Wildman–Crippen LogP) is 4.21. The Morgan fingerprint density at radius 1 is 1.29 bits per heavy atom. The fraction of sp³-hybridized carbons (Fsp3) is 0. The van der Waals surface area contributed by atoms with Gasteiger partial charge in [0, 0.05) is 23.2 Å². The normalized spacial score (nSPS) is 10.6. The molecule has 0 saturated heterocycles. The van der Waals surface area contributed by atoms with E-state index in [2.05, 4.69) is 5.32 Å². The van der Waals surface area contributed by atoms with E-state index in [-0.39, 0.29) is 5.78 Å². The van der Waals surface area contributed by atoms with Gasteiger partial charge in [0.25, 0.3) is 0 Å². The fourth-order valence-corrected chi connectivity index (χ4v) is 2.12. The second-order valence-corrected chi connectivity index (χ2v) is 4.52. The van der Waals surface area contributed by atoms with Crippen LogP contribution in [0.4, 0.5) is 5.69 Å². The molecule has 4 heteroatoms. The van der Waals surface area contributed by atoms with Gasteiger partial charge in [0.1, 0.15) is 0 Å². The first-order valence-electron chi connectivity index (χ1n) is 5.01. The van der Waals surface area contributed by atoms with Crippen LogP contribution in [0.2, 0.25) is 5.02 Å². The molecule has 0 bridgehead atoms. The van der Waals surface area contributed by atoms with Gasteiger partial charge in [-0.15, -0.1) is 0 Å². The molecule has 1 aromatic carbocycles. The van der Waals surface area contributed by atoms with Crippen molar-refractivity contribution in [2.24, 2.45) is 0 Å². The molecule has 2 nitrogen and oxygen atoms in total. The minimum Gasteiger partial charge on any atom is -0.360 e. The van der Waals surface area contributed by atoms with E-state index in [1.165, 1.54) is 17.4 Å². The van der Waals surface area contributed by atoms with E-state index in [1.807, 2.05) is 29.0 Å². The molecule has 2 rings (SSSR count). The van der Waals surface area contributed by atoms with Gasteiger partial charge in [-0.05, 0) is 23.6 Å². The van der Waals surface area contributed by atoms with Crippen molar-refractivity contribution in [3.8, 4) is 0 Å². The first kappa shape index (κ1) is 11.9. The maximum absolute atomic E-state index is 11.6. The number of anilines is 1. The molecule has 2 aromatic rings. The Labute approximate surface area is 109 Å². The topological polar surface area (TPSA) is 29.1 Å². The number of halogens is 1. The lowest BCUT2D eigenvalue weighted by Crippen LogP contribution is -1.94. The lowest BCUT2D eigenvalue weighted by Gasteiger charge is -2.01. The highest BCUT2D eigenvalue weighted by molar-refractivity contribution is 7.08. The van der Waals surface area contributed by atoms with E-state index in [0.717, 1.165) is 5.69 Å². The minimum absolute atomic E-state index is 0.0224. The largest absolute Gasteiger partial charge is 0.360 e. The van der Waals surface area contributed by atoms with Gasteiger partial charge in [-0.3, -0.25) is 4.79 Å². The molecule has 0 aliphatic heterocycles. The van der Waals surface area contributed by atoms with Gasteiger partial charge in [-0.1, -0.05) is 23.7 Å². The van der Waals surface area contributed by atoms with Crippen molar-refractivity contribution < 1.29 is 4.79 Å². The maximum atomic E-state index is 11.6. The molecule has 17 heavy (non-hydrogen) atoms. The Hall–Kier alpha value is -1.58. The summed E-state index contributed by atoms with van der Waals surface area (Å²) in [4.78, 5) is 11.6. The van der Waals surface area contributed by atoms with Gasteiger partial charge >= 0.3 is 0 Å². The minimum atomic E-state index is -0.0224. The van der Waals surface area contributed by atoms with E-state index in [0.29, 0.717) is 10.6 Å². The van der Waals surface area contributed by atoms with Crippen LogP contribution >= 0.6 is 22.9 Å². The SMILES string of the molecule is O=C(/C=C/Nc1ccccc1Cl)c1ccsc1. The number of rotatable bonds is 4. The Bertz CT molecular complexity index is 534. The Morgan fingerprint density at radius 3 is 2.82 bits per heavy atom. The first-order chi connectivity index (χ1) is 8.27. The van der Waals surface area contributed by atoms with Gasteiger partial charge in [0.2, 0.25) is 0 Å². The van der Waals surface area contributed by atoms with E-state index >= 15 is 0 Å². The number of hydrogen-bond donors (Lipinski definition) is 1. The van der Waals surface area contributed by atoms with Crippen LogP contribution in [0.3, 0.4) is 0 Å². The summed E-state index contributed by atoms with van der Waals surface area (Å²) in [6, 6.07) is 9.17. The Balaban J connectivity index is 1.99. The standard InChI is InChI=1S/C13H10ClNOS/c14-11-3-1-2-4-12(11)15-7-5-13(16)10-6-8-17-9-10/h1-9,15H/b7-5+. The number of hydrogen-bond acceptors (Lipinski definition) is 3. The van der Waals surface area contributed by atoms with Crippen molar-refractivity contribution in [1.82, 2.24) is 0 Å². The molecule has 0 fully saturated rings. The average Bonchev–Trinajstić information content (AvgIpc) is 2.85. The highest BCUT2D eigenvalue weighted by Gasteiger charge is 2.00. The summed E-state index contributed by atoms with van der Waals surface area (Å²) in [6.45, 7) is 0. The summed E-state index contributed by atoms with van der Waals surface area (Å²) in [5.41, 5.74) is 1.48. The number of thiophene rings is 1. The molecule has 1 heterocycles. The van der Waals surface area contributed by atoms with Crippen LogP contribution in [0.1, 0.15) is 10.4 Å². The number of ketones is 1. The van der Waals surface area contributed by atoms with Crippen LogP contribution in [0.15, 0.2) is 53.4 Å². The summed E-state index contributed by atoms with van der Waals surface area (Å²) in [6.07, 6.45) is 3.09. The first-order valence-corrected chi connectivity index (χ1v) is 6.33. The quantitative estimate of drug-likeness (QED) is 0.661. The summed E-state index contributed by atoms with van der Waals surface area (Å²) < 4.78 is 0. The zero-order valence-electron chi connectivity index (χ0n) is 8.89. The number of allylic oxidation sites excluding steroid dienone is 1. The van der Waals surface area contributed by atoms with Crippen molar-refractivity contribution >= 4 is 34.4 Å². The van der Waals surface area contributed by atoms with Crippen molar-refractivity contribution in [2.75, 3.05) is 5.32 Å². The van der Waals surface area contributed by atoms with Gasteiger partial charge < -0.3 is 5.32 Å². The second kappa shape index (κ2) is 5.66. The molecule has 86 valence electrons. The third-order valence-corrected chi connectivity index (χ3v) is 3.17. The molecule has 0 amide bonds. The summed E-state index contributed by atoms with van der Waals surface area (Å²) in [5, 5.41) is 7.30. The number of para-hydroxylation sites is 1. The molecule has 1 aromatic heterocycles. The van der Waals surface area contributed by atoms with E-state index < -0.39 is 0 Å². The molecule has 1 N–H and O–H groups in total. The van der Waals surface area contributed by atoms with Crippen LogP contribution < -0.4 is 5.32 Å². The van der Waals surface area contributed by atoms with Crippen molar-refractivity contribution in [1.29, 1.82) is 0 Å². The van der Waals surface area contributed by atoms with Crippen LogP contribution in [0.5, 0.6) is 0 Å². The average molecular weight is 264 g/mol. The number of carbonyl (C=O) groups is 1. The molecule has 0 unspecified atom stereocenters. The van der Waals surface area contributed by atoms with E-state index in [1.54, 1.807) is 18.3 Å². The van der Waals surface area contributed by atoms with Crippen molar-refractivity contribution in [2.45, 2.75) is 0 Å².